The number of unbranched alkanes of at least 4 members (excludes halogenated alkanes) is 2. The zero-order chi connectivity index (χ0) is 19.2. The molecule has 0 aromatic heterocycles. The molecule has 5 heteroatoms. The fourth-order valence-corrected chi connectivity index (χ4v) is 5.42. The summed E-state index contributed by atoms with van der Waals surface area (Å²) in [4.78, 5) is 17.8. The van der Waals surface area contributed by atoms with Crippen molar-refractivity contribution >= 4 is 33.1 Å². The van der Waals surface area contributed by atoms with E-state index in [0.29, 0.717) is 0 Å². The molecule has 0 spiro atoms. The molecule has 0 bridgehead atoms. The van der Waals surface area contributed by atoms with Gasteiger partial charge in [-0.25, -0.2) is 0 Å². The summed E-state index contributed by atoms with van der Waals surface area (Å²) in [6.07, 6.45) is 5.84. The van der Waals surface area contributed by atoms with Gasteiger partial charge in [0.25, 0.3) is 0 Å². The zero-order valence-electron chi connectivity index (χ0n) is 15.8. The summed E-state index contributed by atoms with van der Waals surface area (Å²) >= 11 is 0.149. The van der Waals surface area contributed by atoms with Crippen molar-refractivity contribution in [3.8, 4) is 0 Å². The Bertz CT molecular complexity index is 354. The second-order valence-electron chi connectivity index (χ2n) is 5.09. The molecule has 136 valence electrons. The van der Waals surface area contributed by atoms with Crippen LogP contribution in [0.2, 0.25) is 8.87 Å². The Kier molecular flexibility index (Phi) is 28.0. The van der Waals surface area contributed by atoms with Crippen molar-refractivity contribution in [2.45, 2.75) is 69.2 Å². The Morgan fingerprint density at radius 1 is 0.875 bits per heavy atom. The van der Waals surface area contributed by atoms with Crippen molar-refractivity contribution in [2.75, 3.05) is 0 Å². The molecule has 0 aliphatic rings. The van der Waals surface area contributed by atoms with Gasteiger partial charge in [0.15, 0.2) is 0 Å². The van der Waals surface area contributed by atoms with Crippen LogP contribution < -0.4 is 10.2 Å². The molecular formula is C19H32O4Sn. The van der Waals surface area contributed by atoms with Gasteiger partial charge < -0.3 is 19.8 Å². The second-order valence-corrected chi connectivity index (χ2v) is 9.38. The molecule has 1 rings (SSSR count). The first-order chi connectivity index (χ1) is 11.3. The van der Waals surface area contributed by atoms with Gasteiger partial charge in [0.1, 0.15) is 0 Å². The molecule has 1 aromatic rings. The molecule has 0 N–H and O–H groups in total. The minimum absolute atomic E-state index is 0.149. The molecule has 4 nitrogen and oxygen atoms in total. The van der Waals surface area contributed by atoms with E-state index in [9.17, 15) is 0 Å². The summed E-state index contributed by atoms with van der Waals surface area (Å²) in [6, 6.07) is 10.3. The van der Waals surface area contributed by atoms with Crippen LogP contribution in [0.3, 0.4) is 0 Å². The Labute approximate surface area is 157 Å². The largest absolute Gasteiger partial charge is 0.0622 e. The summed E-state index contributed by atoms with van der Waals surface area (Å²) in [6.45, 7) is 8.61. The third kappa shape index (κ3) is 49.7. The molecular weight excluding hydrogens is 411 g/mol. The third-order valence-electron chi connectivity index (χ3n) is 2.35. The molecule has 0 atom stereocenters. The molecule has 0 fully saturated rings. The van der Waals surface area contributed by atoms with Crippen LogP contribution in [0.4, 0.5) is 0 Å². The maximum absolute atomic E-state index is 8.89. The molecule has 0 heterocycles. The number of benzene rings is 1. The molecule has 0 saturated carbocycles. The number of carbonyl (C=O) groups is 2. The van der Waals surface area contributed by atoms with E-state index in [4.69, 9.17) is 19.8 Å². The van der Waals surface area contributed by atoms with Crippen LogP contribution in [-0.2, 0) is 9.59 Å². The second kappa shape index (κ2) is 24.2. The molecule has 0 aliphatic heterocycles. The van der Waals surface area contributed by atoms with Crippen LogP contribution in [0, 0.1) is 6.92 Å². The predicted molar refractivity (Wildman–Crippen MR) is 97.7 cm³/mol. The zero-order valence-corrected chi connectivity index (χ0v) is 18.6. The van der Waals surface area contributed by atoms with E-state index in [1.165, 1.54) is 31.2 Å². The van der Waals surface area contributed by atoms with Crippen molar-refractivity contribution in [3.63, 3.8) is 0 Å². The minimum atomic E-state index is -1.08. The number of aliphatic carboxylic acids is 2. The van der Waals surface area contributed by atoms with E-state index in [1.807, 2.05) is 18.2 Å². The first-order valence-corrected chi connectivity index (χ1v) is 12.4. The Morgan fingerprint density at radius 2 is 1.21 bits per heavy atom. The van der Waals surface area contributed by atoms with Crippen LogP contribution in [0.1, 0.15) is 58.9 Å². The van der Waals surface area contributed by atoms with Crippen molar-refractivity contribution in [2.24, 2.45) is 0 Å². The fraction of sp³-hybridized carbons (Fsp3) is 0.579. The Morgan fingerprint density at radius 3 is 1.42 bits per heavy atom. The van der Waals surface area contributed by atoms with Crippen LogP contribution in [-0.4, -0.2) is 33.1 Å². The average molecular weight is 443 g/mol. The normalized spacial score (nSPS) is 8.04. The number of hydrogen-bond donors (Lipinski definition) is 0. The van der Waals surface area contributed by atoms with E-state index in [2.05, 4.69) is 32.9 Å². The maximum Gasteiger partial charge on any atom is -0.0398 e. The monoisotopic (exact) mass is 444 g/mol. The number of carbonyl (C=O) groups excluding carboxylic acids is 2. The first-order valence-electron chi connectivity index (χ1n) is 8.35. The number of hydrogen-bond acceptors (Lipinski definition) is 4. The number of aryl methyl sites for hydroxylation is 1. The molecule has 0 unspecified atom stereocenters. The summed E-state index contributed by atoms with van der Waals surface area (Å²) in [5.74, 6) is -2.17. The molecule has 0 radical (unpaired) electrons. The van der Waals surface area contributed by atoms with E-state index in [-0.39, 0.29) is 21.1 Å². The Hall–Kier alpha value is -1.04. The van der Waals surface area contributed by atoms with Crippen molar-refractivity contribution in [1.29, 1.82) is 0 Å². The summed E-state index contributed by atoms with van der Waals surface area (Å²) < 4.78 is 3.25. The van der Waals surface area contributed by atoms with E-state index >= 15 is 0 Å². The third-order valence-corrected chi connectivity index (χ3v) is 6.39. The van der Waals surface area contributed by atoms with Gasteiger partial charge in [0.2, 0.25) is 0 Å². The number of carboxylic acid groups (broad SMARTS) is 2. The van der Waals surface area contributed by atoms with Gasteiger partial charge in [-0.1, -0.05) is 35.9 Å². The molecule has 1 aromatic carbocycles. The van der Waals surface area contributed by atoms with Gasteiger partial charge in [-0.3, -0.25) is 0 Å². The topological polar surface area (TPSA) is 80.3 Å². The van der Waals surface area contributed by atoms with Crippen LogP contribution in [0.25, 0.3) is 0 Å². The van der Waals surface area contributed by atoms with Crippen LogP contribution in [0.5, 0.6) is 0 Å². The van der Waals surface area contributed by atoms with Crippen LogP contribution >= 0.6 is 0 Å². The van der Waals surface area contributed by atoms with Gasteiger partial charge in [-0.15, -0.1) is 0 Å². The van der Waals surface area contributed by atoms with Crippen LogP contribution in [0.15, 0.2) is 30.3 Å². The quantitative estimate of drug-likeness (QED) is 0.500. The van der Waals surface area contributed by atoms with E-state index < -0.39 is 11.9 Å². The van der Waals surface area contributed by atoms with Crippen molar-refractivity contribution < 1.29 is 19.8 Å². The van der Waals surface area contributed by atoms with E-state index in [1.54, 1.807) is 8.87 Å². The number of rotatable bonds is 6. The Balaban J connectivity index is -0.000000261. The van der Waals surface area contributed by atoms with E-state index in [0.717, 1.165) is 13.8 Å². The number of carboxylic acids is 2. The summed E-state index contributed by atoms with van der Waals surface area (Å²) in [7, 11) is 0. The standard InChI is InChI=1S/C7H8.2C4H9.2C2H4O2.Sn/c1-7-5-3-2-4-6-7;2*1-3-4-2;2*1-2(3)4;/h2-6H,1H3;2*1,3-4H2,2H3;2*1H3,(H,3,4);/q;;;;;+2/p-2. The SMILES string of the molecule is CC(=O)[O-].CC(=O)[O-].CCC[CH2][Sn+2][CH2]CCC.Cc1ccccc1. The fourth-order valence-electron chi connectivity index (χ4n) is 1.26. The summed E-state index contributed by atoms with van der Waals surface area (Å²) in [5, 5.41) is 17.8. The smallest absolute Gasteiger partial charge is 0.0398 e. The predicted octanol–water partition coefficient (Wildman–Crippen LogP) is 2.63. The summed E-state index contributed by atoms with van der Waals surface area (Å²) in [5.41, 5.74) is 1.32. The molecule has 0 saturated heterocycles. The maximum atomic E-state index is 8.89. The van der Waals surface area contributed by atoms with Gasteiger partial charge in [0, 0.05) is 11.9 Å². The van der Waals surface area contributed by atoms with Crippen molar-refractivity contribution in [3.05, 3.63) is 35.9 Å². The molecule has 0 amide bonds. The van der Waals surface area contributed by atoms with Gasteiger partial charge >= 0.3 is 69.5 Å². The molecule has 0 aliphatic carbocycles. The van der Waals surface area contributed by atoms with Gasteiger partial charge in [-0.05, 0) is 20.8 Å². The average Bonchev–Trinajstić information content (AvgIpc) is 2.47. The molecule has 24 heavy (non-hydrogen) atoms. The van der Waals surface area contributed by atoms with Gasteiger partial charge in [-0.2, -0.15) is 0 Å². The van der Waals surface area contributed by atoms with Crippen molar-refractivity contribution in [1.82, 2.24) is 0 Å². The first kappa shape index (κ1) is 27.8. The minimum Gasteiger partial charge on any atom is -0.0622 e. The van der Waals surface area contributed by atoms with Gasteiger partial charge in [0.05, 0.1) is 0 Å².